The molecular weight excluding hydrogens is 275 g/mol. The minimum atomic E-state index is -0.806. The maximum atomic E-state index is 12.8. The first-order chi connectivity index (χ1) is 9.95. The van der Waals surface area contributed by atoms with Crippen LogP contribution in [0.4, 0.5) is 9.18 Å². The molecule has 0 aliphatic heterocycles. The maximum absolute atomic E-state index is 12.8. The van der Waals surface area contributed by atoms with Crippen LogP contribution < -0.4 is 10.6 Å². The van der Waals surface area contributed by atoms with E-state index < -0.39 is 5.97 Å². The first kappa shape index (κ1) is 15.3. The van der Waals surface area contributed by atoms with Gasteiger partial charge >= 0.3 is 12.0 Å². The van der Waals surface area contributed by atoms with Crippen molar-refractivity contribution in [2.45, 2.75) is 38.3 Å². The van der Waals surface area contributed by atoms with Gasteiger partial charge in [-0.3, -0.25) is 4.79 Å². The van der Waals surface area contributed by atoms with Crippen molar-refractivity contribution in [3.05, 3.63) is 35.6 Å². The molecule has 3 atom stereocenters. The number of carbonyl (C=O) groups is 2. The first-order valence-corrected chi connectivity index (χ1v) is 7.01. The zero-order valence-corrected chi connectivity index (χ0v) is 11.8. The summed E-state index contributed by atoms with van der Waals surface area (Å²) in [6.45, 7) is 1.81. The van der Waals surface area contributed by atoms with Gasteiger partial charge in [0.1, 0.15) is 5.82 Å². The summed E-state index contributed by atoms with van der Waals surface area (Å²) in [5.41, 5.74) is 0.807. The van der Waals surface area contributed by atoms with E-state index in [9.17, 15) is 14.0 Å². The van der Waals surface area contributed by atoms with E-state index in [1.807, 2.05) is 6.92 Å². The highest BCUT2D eigenvalue weighted by Crippen LogP contribution is 2.25. The van der Waals surface area contributed by atoms with Crippen LogP contribution in [0.2, 0.25) is 0 Å². The Morgan fingerprint density at radius 1 is 1.29 bits per heavy atom. The lowest BCUT2D eigenvalue weighted by Gasteiger charge is -2.18. The van der Waals surface area contributed by atoms with Crippen LogP contribution in [-0.4, -0.2) is 23.1 Å². The molecule has 0 heterocycles. The maximum Gasteiger partial charge on any atom is 0.315 e. The molecule has 1 unspecified atom stereocenters. The minimum Gasteiger partial charge on any atom is -0.481 e. The molecule has 1 fully saturated rings. The molecule has 0 bridgehead atoms. The van der Waals surface area contributed by atoms with Crippen LogP contribution in [-0.2, 0) is 4.79 Å². The summed E-state index contributed by atoms with van der Waals surface area (Å²) in [7, 11) is 0. The Bertz CT molecular complexity index is 518. The van der Waals surface area contributed by atoms with Crippen LogP contribution >= 0.6 is 0 Å². The third-order valence-electron chi connectivity index (χ3n) is 3.83. The van der Waals surface area contributed by atoms with Crippen LogP contribution in [0.5, 0.6) is 0 Å². The quantitative estimate of drug-likeness (QED) is 0.798. The van der Waals surface area contributed by atoms with Crippen LogP contribution in [0.15, 0.2) is 24.3 Å². The molecule has 2 rings (SSSR count). The smallest absolute Gasteiger partial charge is 0.315 e. The van der Waals surface area contributed by atoms with Crippen LogP contribution in [0.3, 0.4) is 0 Å². The van der Waals surface area contributed by atoms with E-state index in [0.29, 0.717) is 19.3 Å². The number of carboxylic acid groups (broad SMARTS) is 1. The lowest BCUT2D eigenvalue weighted by molar-refractivity contribution is -0.141. The van der Waals surface area contributed by atoms with Crippen molar-refractivity contribution in [3.63, 3.8) is 0 Å². The zero-order valence-electron chi connectivity index (χ0n) is 11.8. The van der Waals surface area contributed by atoms with E-state index in [2.05, 4.69) is 10.6 Å². The third-order valence-corrected chi connectivity index (χ3v) is 3.83. The summed E-state index contributed by atoms with van der Waals surface area (Å²) in [5.74, 6) is -1.50. The van der Waals surface area contributed by atoms with Gasteiger partial charge in [0, 0.05) is 6.04 Å². The molecule has 3 N–H and O–H groups in total. The average Bonchev–Trinajstić information content (AvgIpc) is 2.87. The SMILES string of the molecule is CC(NC(=O)N[C@H]1CC[C@@H](C(=O)O)C1)c1ccc(F)cc1. The van der Waals surface area contributed by atoms with E-state index in [0.717, 1.165) is 5.56 Å². The Morgan fingerprint density at radius 3 is 2.52 bits per heavy atom. The zero-order chi connectivity index (χ0) is 15.4. The van der Waals surface area contributed by atoms with Crippen molar-refractivity contribution in [1.29, 1.82) is 0 Å². The molecule has 1 aliphatic rings. The summed E-state index contributed by atoms with van der Waals surface area (Å²) < 4.78 is 12.8. The molecule has 1 aromatic rings. The second kappa shape index (κ2) is 6.56. The molecular formula is C15H19FN2O3. The van der Waals surface area contributed by atoms with Gasteiger partial charge in [0.05, 0.1) is 12.0 Å². The Morgan fingerprint density at radius 2 is 1.95 bits per heavy atom. The van der Waals surface area contributed by atoms with Crippen molar-refractivity contribution in [2.24, 2.45) is 5.92 Å². The number of benzene rings is 1. The number of hydrogen-bond acceptors (Lipinski definition) is 2. The highest BCUT2D eigenvalue weighted by molar-refractivity contribution is 5.75. The predicted octanol–water partition coefficient (Wildman–Crippen LogP) is 2.44. The monoisotopic (exact) mass is 294 g/mol. The molecule has 1 aliphatic carbocycles. The number of carbonyl (C=O) groups excluding carboxylic acids is 1. The molecule has 0 aromatic heterocycles. The largest absolute Gasteiger partial charge is 0.481 e. The topological polar surface area (TPSA) is 78.4 Å². The first-order valence-electron chi connectivity index (χ1n) is 7.01. The Hall–Kier alpha value is -2.11. The predicted molar refractivity (Wildman–Crippen MR) is 75.2 cm³/mol. The van der Waals surface area contributed by atoms with Crippen LogP contribution in [0, 0.1) is 11.7 Å². The molecule has 21 heavy (non-hydrogen) atoms. The van der Waals surface area contributed by atoms with Crippen LogP contribution in [0.1, 0.15) is 37.8 Å². The Balaban J connectivity index is 1.82. The number of hydrogen-bond donors (Lipinski definition) is 3. The van der Waals surface area contributed by atoms with Crippen molar-refractivity contribution in [3.8, 4) is 0 Å². The summed E-state index contributed by atoms with van der Waals surface area (Å²) in [6, 6.07) is 5.25. The van der Waals surface area contributed by atoms with Gasteiger partial charge in [0.15, 0.2) is 0 Å². The Labute approximate surface area is 122 Å². The van der Waals surface area contributed by atoms with Gasteiger partial charge in [-0.25, -0.2) is 9.18 Å². The standard InChI is InChI=1S/C15H19FN2O3/c1-9(10-2-5-12(16)6-3-10)17-15(21)18-13-7-4-11(8-13)14(19)20/h2-3,5-6,9,11,13H,4,7-8H2,1H3,(H,19,20)(H2,17,18,21)/t9?,11-,13+/m1/s1. The lowest BCUT2D eigenvalue weighted by Crippen LogP contribution is -2.42. The summed E-state index contributed by atoms with van der Waals surface area (Å²) in [6.07, 6.45) is 1.73. The van der Waals surface area contributed by atoms with Gasteiger partial charge in [-0.2, -0.15) is 0 Å². The number of halogens is 1. The van der Waals surface area contributed by atoms with E-state index in [1.165, 1.54) is 12.1 Å². The minimum absolute atomic E-state index is 0.105. The highest BCUT2D eigenvalue weighted by Gasteiger charge is 2.30. The molecule has 0 radical (unpaired) electrons. The average molecular weight is 294 g/mol. The number of rotatable bonds is 4. The molecule has 2 amide bonds. The highest BCUT2D eigenvalue weighted by atomic mass is 19.1. The number of nitrogens with one attached hydrogen (secondary N) is 2. The van der Waals surface area contributed by atoms with Gasteiger partial charge < -0.3 is 15.7 Å². The van der Waals surface area contributed by atoms with Crippen LogP contribution in [0.25, 0.3) is 0 Å². The third kappa shape index (κ3) is 4.18. The fourth-order valence-corrected chi connectivity index (χ4v) is 2.60. The fraction of sp³-hybridized carbons (Fsp3) is 0.467. The molecule has 0 saturated heterocycles. The fourth-order valence-electron chi connectivity index (χ4n) is 2.60. The number of carboxylic acids is 1. The van der Waals surface area contributed by atoms with E-state index in [4.69, 9.17) is 5.11 Å². The van der Waals surface area contributed by atoms with Gasteiger partial charge in [0.2, 0.25) is 0 Å². The lowest BCUT2D eigenvalue weighted by atomic mass is 10.1. The van der Waals surface area contributed by atoms with E-state index in [1.54, 1.807) is 12.1 Å². The summed E-state index contributed by atoms with van der Waals surface area (Å²) in [5, 5.41) is 14.5. The number of urea groups is 1. The van der Waals surface area contributed by atoms with Crippen molar-refractivity contribution < 1.29 is 19.1 Å². The van der Waals surface area contributed by atoms with Gasteiger partial charge in [-0.1, -0.05) is 12.1 Å². The van der Waals surface area contributed by atoms with Gasteiger partial charge in [0.25, 0.3) is 0 Å². The number of amides is 2. The molecule has 5 nitrogen and oxygen atoms in total. The van der Waals surface area contributed by atoms with E-state index >= 15 is 0 Å². The molecule has 0 spiro atoms. The number of aliphatic carboxylic acids is 1. The van der Waals surface area contributed by atoms with E-state index in [-0.39, 0.29) is 29.8 Å². The summed E-state index contributed by atoms with van der Waals surface area (Å²) in [4.78, 5) is 22.7. The normalized spacial score (nSPS) is 22.6. The molecule has 114 valence electrons. The van der Waals surface area contributed by atoms with Crippen molar-refractivity contribution in [1.82, 2.24) is 10.6 Å². The van der Waals surface area contributed by atoms with Crippen molar-refractivity contribution in [2.75, 3.05) is 0 Å². The second-order valence-electron chi connectivity index (χ2n) is 5.44. The molecule has 6 heteroatoms. The summed E-state index contributed by atoms with van der Waals surface area (Å²) >= 11 is 0. The second-order valence-corrected chi connectivity index (χ2v) is 5.44. The Kier molecular flexibility index (Phi) is 4.77. The molecule has 1 saturated carbocycles. The van der Waals surface area contributed by atoms with Crippen molar-refractivity contribution >= 4 is 12.0 Å². The molecule has 1 aromatic carbocycles. The van der Waals surface area contributed by atoms with Gasteiger partial charge in [-0.05, 0) is 43.9 Å². The van der Waals surface area contributed by atoms with Gasteiger partial charge in [-0.15, -0.1) is 0 Å².